The van der Waals surface area contributed by atoms with Crippen LogP contribution in [0, 0.1) is 13.8 Å². The lowest BCUT2D eigenvalue weighted by Crippen LogP contribution is -2.05. The van der Waals surface area contributed by atoms with Gasteiger partial charge in [-0.2, -0.15) is 0 Å². The van der Waals surface area contributed by atoms with Crippen molar-refractivity contribution >= 4 is 40.5 Å². The average molecular weight is 297 g/mol. The summed E-state index contributed by atoms with van der Waals surface area (Å²) in [5.41, 5.74) is 1.55. The van der Waals surface area contributed by atoms with Crippen LogP contribution in [-0.4, -0.2) is 17.0 Å². The fourth-order valence-electron chi connectivity index (χ4n) is 1.73. The van der Waals surface area contributed by atoms with Gasteiger partial charge < -0.3 is 10.6 Å². The van der Waals surface area contributed by atoms with Gasteiger partial charge in [-0.15, -0.1) is 0 Å². The van der Waals surface area contributed by atoms with Gasteiger partial charge in [-0.25, -0.2) is 9.97 Å². The number of aryl methyl sites for hydroxylation is 1. The predicted octanol–water partition coefficient (Wildman–Crippen LogP) is 4.19. The van der Waals surface area contributed by atoms with E-state index in [0.29, 0.717) is 27.4 Å². The molecule has 4 nitrogen and oxygen atoms in total. The smallest absolute Gasteiger partial charge is 0.139 e. The van der Waals surface area contributed by atoms with Gasteiger partial charge >= 0.3 is 0 Å². The van der Waals surface area contributed by atoms with Gasteiger partial charge in [0.1, 0.15) is 17.5 Å². The number of hydrogen-bond acceptors (Lipinski definition) is 4. The summed E-state index contributed by atoms with van der Waals surface area (Å²) >= 11 is 12.3. The molecule has 1 aromatic carbocycles. The van der Waals surface area contributed by atoms with E-state index in [1.807, 2.05) is 20.9 Å². The number of aromatic nitrogens is 2. The third kappa shape index (κ3) is 2.91. The number of anilines is 3. The Bertz CT molecular complexity index is 594. The van der Waals surface area contributed by atoms with Gasteiger partial charge in [-0.3, -0.25) is 0 Å². The van der Waals surface area contributed by atoms with Crippen molar-refractivity contribution in [2.75, 3.05) is 17.7 Å². The number of para-hydroxylation sites is 1. The Morgan fingerprint density at radius 3 is 2.16 bits per heavy atom. The maximum atomic E-state index is 6.14. The van der Waals surface area contributed by atoms with Gasteiger partial charge in [0.05, 0.1) is 15.7 Å². The van der Waals surface area contributed by atoms with E-state index >= 15 is 0 Å². The zero-order chi connectivity index (χ0) is 14.0. The summed E-state index contributed by atoms with van der Waals surface area (Å²) in [5.74, 6) is 2.13. The first-order chi connectivity index (χ1) is 9.02. The van der Waals surface area contributed by atoms with Gasteiger partial charge in [-0.1, -0.05) is 29.3 Å². The van der Waals surface area contributed by atoms with Crippen molar-refractivity contribution in [3.8, 4) is 0 Å². The minimum atomic E-state index is 0.550. The molecule has 100 valence electrons. The van der Waals surface area contributed by atoms with E-state index in [0.717, 1.165) is 11.4 Å². The summed E-state index contributed by atoms with van der Waals surface area (Å²) in [7, 11) is 1.82. The van der Waals surface area contributed by atoms with Crippen LogP contribution in [0.25, 0.3) is 0 Å². The molecule has 0 fully saturated rings. The van der Waals surface area contributed by atoms with Crippen molar-refractivity contribution in [3.63, 3.8) is 0 Å². The normalized spacial score (nSPS) is 10.4. The first-order valence-corrected chi connectivity index (χ1v) is 6.52. The van der Waals surface area contributed by atoms with Crippen LogP contribution in [0.15, 0.2) is 18.2 Å². The average Bonchev–Trinajstić information content (AvgIpc) is 2.37. The molecule has 0 aliphatic rings. The van der Waals surface area contributed by atoms with E-state index in [4.69, 9.17) is 23.2 Å². The largest absolute Gasteiger partial charge is 0.373 e. The minimum Gasteiger partial charge on any atom is -0.373 e. The second kappa shape index (κ2) is 5.63. The van der Waals surface area contributed by atoms with Crippen molar-refractivity contribution < 1.29 is 0 Å². The highest BCUT2D eigenvalue weighted by Crippen LogP contribution is 2.33. The van der Waals surface area contributed by atoms with Crippen molar-refractivity contribution in [1.82, 2.24) is 9.97 Å². The number of hydrogen-bond donors (Lipinski definition) is 2. The van der Waals surface area contributed by atoms with E-state index in [1.165, 1.54) is 0 Å². The molecular formula is C13H14Cl2N4. The van der Waals surface area contributed by atoms with Crippen molar-refractivity contribution in [2.45, 2.75) is 13.8 Å². The molecule has 0 aliphatic carbocycles. The van der Waals surface area contributed by atoms with Crippen LogP contribution >= 0.6 is 23.2 Å². The molecule has 0 saturated carbocycles. The lowest BCUT2D eigenvalue weighted by Gasteiger charge is -2.14. The molecule has 0 radical (unpaired) electrons. The molecule has 2 N–H and O–H groups in total. The summed E-state index contributed by atoms with van der Waals surface area (Å²) in [4.78, 5) is 8.69. The monoisotopic (exact) mass is 296 g/mol. The van der Waals surface area contributed by atoms with Gasteiger partial charge in [-0.05, 0) is 26.0 Å². The quantitative estimate of drug-likeness (QED) is 0.892. The zero-order valence-corrected chi connectivity index (χ0v) is 12.4. The first-order valence-electron chi connectivity index (χ1n) is 5.77. The van der Waals surface area contributed by atoms with Gasteiger partial charge in [0.2, 0.25) is 0 Å². The molecule has 0 unspecified atom stereocenters. The minimum absolute atomic E-state index is 0.550. The van der Waals surface area contributed by atoms with Crippen LogP contribution in [0.2, 0.25) is 10.0 Å². The maximum absolute atomic E-state index is 6.14. The van der Waals surface area contributed by atoms with E-state index in [1.54, 1.807) is 18.2 Å². The fraction of sp³-hybridized carbons (Fsp3) is 0.231. The highest BCUT2D eigenvalue weighted by Gasteiger charge is 2.11. The van der Waals surface area contributed by atoms with Gasteiger partial charge in [0.25, 0.3) is 0 Å². The van der Waals surface area contributed by atoms with Crippen LogP contribution < -0.4 is 10.6 Å². The van der Waals surface area contributed by atoms with E-state index in [-0.39, 0.29) is 0 Å². The molecule has 19 heavy (non-hydrogen) atoms. The molecule has 0 atom stereocenters. The predicted molar refractivity (Wildman–Crippen MR) is 80.8 cm³/mol. The third-order valence-electron chi connectivity index (χ3n) is 2.70. The molecule has 6 heteroatoms. The molecule has 0 spiro atoms. The molecule has 0 aliphatic heterocycles. The van der Waals surface area contributed by atoms with Crippen LogP contribution in [0.1, 0.15) is 11.4 Å². The molecule has 0 amide bonds. The Balaban J connectivity index is 2.47. The van der Waals surface area contributed by atoms with E-state index in [9.17, 15) is 0 Å². The van der Waals surface area contributed by atoms with Crippen LogP contribution in [0.4, 0.5) is 17.3 Å². The number of halogens is 2. The number of rotatable bonds is 3. The summed E-state index contributed by atoms with van der Waals surface area (Å²) in [6.07, 6.45) is 0. The zero-order valence-electron chi connectivity index (χ0n) is 10.9. The van der Waals surface area contributed by atoms with Gasteiger partial charge in [0, 0.05) is 12.6 Å². The summed E-state index contributed by atoms with van der Waals surface area (Å²) in [6.45, 7) is 3.76. The topological polar surface area (TPSA) is 49.8 Å². The molecule has 1 aromatic heterocycles. The standard InChI is InChI=1S/C13H14Cl2N4/c1-7-12(16-3)17-8(2)18-13(7)19-11-9(14)5-4-6-10(11)15/h4-6H,1-3H3,(H2,16,17,18,19). The Kier molecular flexibility index (Phi) is 4.12. The van der Waals surface area contributed by atoms with Crippen LogP contribution in [0.3, 0.4) is 0 Å². The number of nitrogens with one attached hydrogen (secondary N) is 2. The Labute approximate surface area is 122 Å². The molecule has 0 bridgehead atoms. The van der Waals surface area contributed by atoms with Crippen LogP contribution in [-0.2, 0) is 0 Å². The van der Waals surface area contributed by atoms with Crippen molar-refractivity contribution in [3.05, 3.63) is 39.6 Å². The van der Waals surface area contributed by atoms with Crippen LogP contribution in [0.5, 0.6) is 0 Å². The second-order valence-electron chi connectivity index (χ2n) is 4.06. The lowest BCUT2D eigenvalue weighted by atomic mass is 10.2. The maximum Gasteiger partial charge on any atom is 0.139 e. The van der Waals surface area contributed by atoms with Gasteiger partial charge in [0.15, 0.2) is 0 Å². The Hall–Kier alpha value is -1.52. The SMILES string of the molecule is CNc1nc(C)nc(Nc2c(Cl)cccc2Cl)c1C. The molecule has 0 saturated heterocycles. The van der Waals surface area contributed by atoms with E-state index < -0.39 is 0 Å². The fourth-order valence-corrected chi connectivity index (χ4v) is 2.22. The third-order valence-corrected chi connectivity index (χ3v) is 3.33. The summed E-state index contributed by atoms with van der Waals surface area (Å²) in [6, 6.07) is 5.35. The summed E-state index contributed by atoms with van der Waals surface area (Å²) < 4.78 is 0. The highest BCUT2D eigenvalue weighted by molar-refractivity contribution is 6.39. The second-order valence-corrected chi connectivity index (χ2v) is 4.88. The lowest BCUT2D eigenvalue weighted by molar-refractivity contribution is 1.04. The Morgan fingerprint density at radius 1 is 1.00 bits per heavy atom. The van der Waals surface area contributed by atoms with Crippen molar-refractivity contribution in [2.24, 2.45) is 0 Å². The molecule has 1 heterocycles. The summed E-state index contributed by atoms with van der Waals surface area (Å²) in [5, 5.41) is 7.30. The number of benzene rings is 1. The molecular weight excluding hydrogens is 283 g/mol. The number of nitrogens with zero attached hydrogens (tertiary/aromatic N) is 2. The Morgan fingerprint density at radius 2 is 1.58 bits per heavy atom. The van der Waals surface area contributed by atoms with Crippen molar-refractivity contribution in [1.29, 1.82) is 0 Å². The molecule has 2 rings (SSSR count). The first kappa shape index (κ1) is 13.9. The highest BCUT2D eigenvalue weighted by atomic mass is 35.5. The van der Waals surface area contributed by atoms with E-state index in [2.05, 4.69) is 20.6 Å². The molecule has 2 aromatic rings.